The number of fused-ring (bicyclic) bond motifs is 12. The van der Waals surface area contributed by atoms with Gasteiger partial charge in [0, 0.05) is 99.2 Å². The molecule has 0 fully saturated rings. The van der Waals surface area contributed by atoms with Crippen LogP contribution in [0.3, 0.4) is 0 Å². The Morgan fingerprint density at radius 1 is 0.254 bits per heavy atom. The van der Waals surface area contributed by atoms with Crippen molar-refractivity contribution in [2.45, 2.75) is 47.0 Å². The second-order valence-corrected chi connectivity index (χ2v) is 35.1. The van der Waals surface area contributed by atoms with Crippen molar-refractivity contribution in [3.63, 3.8) is 0 Å². The zero-order chi connectivity index (χ0) is 98.0. The minimum Gasteiger partial charge on any atom is -0.505 e. The van der Waals surface area contributed by atoms with Crippen molar-refractivity contribution >= 4 is 87.2 Å². The van der Waals surface area contributed by atoms with Crippen molar-refractivity contribution in [3.8, 4) is 45.7 Å². The molecule has 0 saturated carbocycles. The number of quaternary nitrogens is 1. The van der Waals surface area contributed by atoms with E-state index in [1.165, 1.54) is 0 Å². The molecule has 0 unspecified atom stereocenters. The van der Waals surface area contributed by atoms with Gasteiger partial charge in [-0.1, -0.05) is 200 Å². The Labute approximate surface area is 874 Å². The number of phenolic OH excluding ortho intramolecular Hbond substituents is 4. The van der Waals surface area contributed by atoms with Gasteiger partial charge in [-0.05, 0) is 122 Å². The molecule has 142 heavy (non-hydrogen) atoms. The average Bonchev–Trinajstić information content (AvgIpc) is 1.59. The number of aromatic nitrogens is 4. The maximum Gasteiger partial charge on any atom is 4.00 e. The van der Waals surface area contributed by atoms with Gasteiger partial charge in [0.1, 0.15) is 23.0 Å². The van der Waals surface area contributed by atoms with Crippen LogP contribution in [0.15, 0.2) is 431 Å². The third kappa shape index (κ3) is 25.7. The van der Waals surface area contributed by atoms with E-state index in [2.05, 4.69) is 267 Å². The number of phenols is 4. The van der Waals surface area contributed by atoms with Gasteiger partial charge in [-0.25, -0.2) is 0 Å². The normalized spacial score (nSPS) is 10.8. The van der Waals surface area contributed by atoms with Crippen LogP contribution >= 0.6 is 0 Å². The molecule has 4 N–H and O–H groups in total. The molecule has 0 saturated heterocycles. The van der Waals surface area contributed by atoms with Crippen LogP contribution in [0.2, 0.25) is 0 Å². The van der Waals surface area contributed by atoms with Crippen molar-refractivity contribution in [3.05, 3.63) is 552 Å². The summed E-state index contributed by atoms with van der Waals surface area (Å²) in [5.74, 6) is 0.943. The summed E-state index contributed by atoms with van der Waals surface area (Å²) in [6.07, 6.45) is 0. The van der Waals surface area contributed by atoms with Gasteiger partial charge in [-0.2, -0.15) is 148 Å². The largest absolute Gasteiger partial charge is 4.00 e. The molecule has 18 aromatic carbocycles. The number of benzene rings is 18. The Bertz CT molecular complexity index is 7160. The molecule has 14 heteroatoms. The third-order valence-electron chi connectivity index (χ3n) is 24.6. The van der Waals surface area contributed by atoms with Gasteiger partial charge in [0.15, 0.2) is 0 Å². The van der Waals surface area contributed by atoms with Crippen LogP contribution in [0, 0.1) is 69.4 Å². The molecule has 22 rings (SSSR count). The Kier molecular flexibility index (Phi) is 37.1. The molecule has 0 amide bonds. The number of nitrogens with zero attached hydrogens (tertiary/aromatic N) is 6. The number of aromatic hydroxyl groups is 4. The first-order valence-electron chi connectivity index (χ1n) is 47.0. The van der Waals surface area contributed by atoms with Gasteiger partial charge in [0.05, 0.1) is 99.7 Å². The number of methoxy groups -OCH3 is 2. The molecule has 0 atom stereocenters. The summed E-state index contributed by atoms with van der Waals surface area (Å²) >= 11 is 0. The molecule has 0 bridgehead atoms. The summed E-state index contributed by atoms with van der Waals surface area (Å²) in [7, 11) is 8.14. The van der Waals surface area contributed by atoms with Crippen molar-refractivity contribution in [2.75, 3.05) is 40.5 Å². The minimum atomic E-state index is 0. The van der Waals surface area contributed by atoms with Gasteiger partial charge in [-0.3, -0.25) is 4.90 Å². The summed E-state index contributed by atoms with van der Waals surface area (Å²) in [5.41, 5.74) is 24.1. The molecule has 1 radical (unpaired) electrons. The van der Waals surface area contributed by atoms with Gasteiger partial charge in [-0.15, -0.1) is 79.8 Å². The molecule has 0 aliphatic heterocycles. The molecule has 12 nitrogen and oxygen atoms in total. The summed E-state index contributed by atoms with van der Waals surface area (Å²) in [6, 6.07) is 144. The van der Waals surface area contributed by atoms with E-state index in [0.717, 1.165) is 182 Å². The number of para-hydroxylation sites is 9. The predicted molar refractivity (Wildman–Crippen MR) is 585 cm³/mol. The topological polar surface area (TPSA) is 122 Å². The standard InChI is InChI=1S/C44H41N3O3.C42H37N3O3.6C7H7.2Zr/c1-29-23-31(43(48)41(25-29)45-37-17-9-5-13-33(37)34-14-6-10-18-38(34)45)27-47(3,21-22-50-4)28-32-24-30(2)26-42(44(32)49)46-39-19-11-7-15-35(39)36-16-8-12-20-40(36)46;1-28-24-30(42(47)40(25-28)45-37-19-9-5-15-33(37)34-16-6-10-20-38(34)45)27-43(22-23-48-2)26-29-12-11-21-39(41(29)46)44-35-17-7-3-13-31(35)32-14-4-8-18-36(32)44;6*1-7-5-3-2-4-6-7;;/h5-20,23-26,48-49H,3,21-22,27-28H2,1-2,4H3;3-21,24-25,46-47H,22-23,26-27H2,1-2H3;6*2-6H,1H2;;/q;;6*-1;+3;+4. The second kappa shape index (κ2) is 50.3. The fourth-order valence-electron chi connectivity index (χ4n) is 18.0. The summed E-state index contributed by atoms with van der Waals surface area (Å²) in [6.45, 7) is 32.5. The van der Waals surface area contributed by atoms with Gasteiger partial charge in [0.2, 0.25) is 0 Å². The van der Waals surface area contributed by atoms with Gasteiger partial charge in [0.25, 0.3) is 0 Å². The van der Waals surface area contributed by atoms with Crippen LogP contribution in [0.25, 0.3) is 110 Å². The van der Waals surface area contributed by atoms with Crippen LogP contribution in [0.4, 0.5) is 0 Å². The quantitative estimate of drug-likeness (QED) is 0.0499. The smallest absolute Gasteiger partial charge is 0.505 e. The van der Waals surface area contributed by atoms with E-state index in [9.17, 15) is 20.4 Å². The average molecular weight is 2020 g/mol. The molecular weight excluding hydrogens is 1900 g/mol. The molecule has 4 heterocycles. The predicted octanol–water partition coefficient (Wildman–Crippen LogP) is 30.3. The number of aryl methyl sites for hydroxylation is 3. The van der Waals surface area contributed by atoms with Crippen LogP contribution in [-0.4, -0.2) is 88.6 Å². The van der Waals surface area contributed by atoms with E-state index in [-0.39, 0.29) is 79.9 Å². The first kappa shape index (κ1) is 105. The van der Waals surface area contributed by atoms with Crippen LogP contribution < -0.4 is 0 Å². The number of hydrogen-bond donors (Lipinski definition) is 4. The first-order valence-corrected chi connectivity index (χ1v) is 47.0. The van der Waals surface area contributed by atoms with Crippen molar-refractivity contribution < 1.29 is 86.8 Å². The third-order valence-corrected chi connectivity index (χ3v) is 24.6. The second-order valence-electron chi connectivity index (χ2n) is 35.1. The number of ether oxygens (including phenoxy) is 2. The van der Waals surface area contributed by atoms with Crippen molar-refractivity contribution in [1.29, 1.82) is 0 Å². The van der Waals surface area contributed by atoms with E-state index in [1.807, 2.05) is 249 Å². The van der Waals surface area contributed by atoms with E-state index in [4.69, 9.17) is 16.5 Å². The molecular formula is C128H120N6O6Zr2+. The molecule has 0 spiro atoms. The van der Waals surface area contributed by atoms with Crippen molar-refractivity contribution in [2.24, 2.45) is 0 Å². The molecule has 705 valence electrons. The maximum atomic E-state index is 12.1. The summed E-state index contributed by atoms with van der Waals surface area (Å²) in [5, 5.41) is 57.1. The van der Waals surface area contributed by atoms with Crippen LogP contribution in [0.5, 0.6) is 23.0 Å². The van der Waals surface area contributed by atoms with E-state index >= 15 is 0 Å². The SMILES string of the molecule is COCCN(Cc1cccc(-n2c3ccccc3c3ccccc32)c1O)Cc1cc(C)cc(-n2c3ccccc3c3ccccc32)c1O.[CH2-][N+](CCOC)(Cc1cc(C)cc(-n2c3ccccc3c3ccccc32)c1O)Cc1cc(C)cc(-n2c3ccccc3c3ccccc32)c1O.[CH2-]c1ccccc1.[CH2-]c1ccccc1.[CH2-]c1ccccc1.[CH2-]c1ccccc1.[CH2-]c1ccccc1.[CH2-]c1ccccc1.[Zr+3].[Zr+4]. The fraction of sp³-hybridized carbons (Fsp3) is 0.102. The number of rotatable bonds is 18. The molecule has 22 aromatic rings. The summed E-state index contributed by atoms with van der Waals surface area (Å²) in [4.78, 5) is 2.22. The Morgan fingerprint density at radius 3 is 0.704 bits per heavy atom. The molecule has 4 aromatic heterocycles. The van der Waals surface area contributed by atoms with Gasteiger partial charge < -0.3 is 52.7 Å². The molecule has 0 aliphatic carbocycles. The van der Waals surface area contributed by atoms with Crippen LogP contribution in [0.1, 0.15) is 72.3 Å². The van der Waals surface area contributed by atoms with Crippen molar-refractivity contribution in [1.82, 2.24) is 23.2 Å². The molecule has 0 aliphatic rings. The zero-order valence-electron chi connectivity index (χ0n) is 81.4. The van der Waals surface area contributed by atoms with E-state index < -0.39 is 0 Å². The van der Waals surface area contributed by atoms with Crippen LogP contribution in [-0.2, 0) is 88.1 Å². The minimum absolute atomic E-state index is 0. The number of hydrogen-bond acceptors (Lipinski definition) is 7. The fourth-order valence-corrected chi connectivity index (χ4v) is 18.0. The van der Waals surface area contributed by atoms with E-state index in [0.29, 0.717) is 52.5 Å². The Balaban J connectivity index is 0.000000167. The Hall–Kier alpha value is -14.8. The summed E-state index contributed by atoms with van der Waals surface area (Å²) < 4.78 is 20.0. The Morgan fingerprint density at radius 2 is 0.465 bits per heavy atom. The van der Waals surface area contributed by atoms with E-state index in [1.54, 1.807) is 14.2 Å². The zero-order valence-corrected chi connectivity index (χ0v) is 86.3. The monoisotopic (exact) mass is 2020 g/mol. The first-order chi connectivity index (χ1) is 68.2. The maximum absolute atomic E-state index is 12.1. The van der Waals surface area contributed by atoms with Gasteiger partial charge >= 0.3 is 52.4 Å².